The van der Waals surface area contributed by atoms with Crippen molar-refractivity contribution in [3.63, 3.8) is 0 Å². The minimum atomic E-state index is -0.751. The summed E-state index contributed by atoms with van der Waals surface area (Å²) in [7, 11) is 0. The van der Waals surface area contributed by atoms with E-state index >= 15 is 0 Å². The zero-order valence-corrected chi connectivity index (χ0v) is 17.4. The third-order valence-electron chi connectivity index (χ3n) is 3.42. The van der Waals surface area contributed by atoms with Gasteiger partial charge >= 0.3 is 6.09 Å². The van der Waals surface area contributed by atoms with Gasteiger partial charge in [-0.1, -0.05) is 34.1 Å². The van der Waals surface area contributed by atoms with Crippen molar-refractivity contribution in [2.75, 3.05) is 10.6 Å². The largest absolute Gasteiger partial charge is 0.444 e. The Balaban J connectivity index is 2.04. The second-order valence-corrected chi connectivity index (χ2v) is 7.95. The van der Waals surface area contributed by atoms with Crippen LogP contribution in [0, 0.1) is 0 Å². The van der Waals surface area contributed by atoms with Crippen LogP contribution in [0.2, 0.25) is 0 Å². The molecule has 0 heterocycles. The Kier molecular flexibility index (Phi) is 6.85. The summed E-state index contributed by atoms with van der Waals surface area (Å²) in [5.74, 6) is -0.343. The average Bonchev–Trinajstić information content (AvgIpc) is 2.54. The molecule has 0 aliphatic rings. The van der Waals surface area contributed by atoms with Crippen molar-refractivity contribution in [1.82, 2.24) is 5.32 Å². The van der Waals surface area contributed by atoms with E-state index in [-0.39, 0.29) is 5.91 Å². The minimum absolute atomic E-state index is 0.343. The number of carbonyl (C=O) groups excluding carboxylic acids is 2. The number of alkyl carbamates (subject to hydrolysis) is 1. The lowest BCUT2D eigenvalue weighted by atomic mass is 10.2. The molecular formula is C20H24BrN3O3. The number of para-hydroxylation sites is 2. The van der Waals surface area contributed by atoms with Crippen LogP contribution in [0.25, 0.3) is 0 Å². The van der Waals surface area contributed by atoms with Gasteiger partial charge in [-0.15, -0.1) is 0 Å². The maximum atomic E-state index is 12.5. The molecule has 0 saturated heterocycles. The van der Waals surface area contributed by atoms with E-state index in [0.717, 1.165) is 15.8 Å². The van der Waals surface area contributed by atoms with E-state index in [4.69, 9.17) is 4.74 Å². The van der Waals surface area contributed by atoms with Crippen LogP contribution in [0.5, 0.6) is 0 Å². The molecule has 3 N–H and O–H groups in total. The van der Waals surface area contributed by atoms with Gasteiger partial charge in [0, 0.05) is 10.2 Å². The fourth-order valence-electron chi connectivity index (χ4n) is 2.21. The van der Waals surface area contributed by atoms with Gasteiger partial charge in [0.2, 0.25) is 5.91 Å². The minimum Gasteiger partial charge on any atom is -0.444 e. The molecule has 0 aliphatic heterocycles. The lowest BCUT2D eigenvalue weighted by Gasteiger charge is -2.22. The van der Waals surface area contributed by atoms with Crippen molar-refractivity contribution < 1.29 is 14.3 Å². The van der Waals surface area contributed by atoms with Crippen LogP contribution in [0.15, 0.2) is 53.0 Å². The summed E-state index contributed by atoms with van der Waals surface area (Å²) in [5, 5.41) is 8.64. The molecule has 0 bridgehead atoms. The second-order valence-electron chi connectivity index (χ2n) is 7.04. The second kappa shape index (κ2) is 8.90. The first kappa shape index (κ1) is 20.8. The third-order valence-corrected chi connectivity index (χ3v) is 3.91. The number of benzene rings is 2. The van der Waals surface area contributed by atoms with Crippen LogP contribution >= 0.6 is 15.9 Å². The lowest BCUT2D eigenvalue weighted by molar-refractivity contribution is -0.117. The monoisotopic (exact) mass is 433 g/mol. The maximum absolute atomic E-state index is 12.5. The molecule has 0 aliphatic carbocycles. The smallest absolute Gasteiger partial charge is 0.408 e. The molecule has 7 heteroatoms. The van der Waals surface area contributed by atoms with E-state index in [1.807, 2.05) is 42.5 Å². The van der Waals surface area contributed by atoms with Gasteiger partial charge in [-0.3, -0.25) is 4.79 Å². The molecule has 27 heavy (non-hydrogen) atoms. The molecule has 1 atom stereocenters. The molecule has 0 unspecified atom stereocenters. The summed E-state index contributed by atoms with van der Waals surface area (Å²) >= 11 is 3.44. The topological polar surface area (TPSA) is 79.5 Å². The highest BCUT2D eigenvalue weighted by molar-refractivity contribution is 9.10. The Morgan fingerprint density at radius 2 is 1.70 bits per heavy atom. The lowest BCUT2D eigenvalue weighted by Crippen LogP contribution is -2.44. The van der Waals surface area contributed by atoms with E-state index < -0.39 is 17.7 Å². The normalized spacial score (nSPS) is 12.0. The molecule has 2 rings (SSSR count). The maximum Gasteiger partial charge on any atom is 0.408 e. The van der Waals surface area contributed by atoms with E-state index in [2.05, 4.69) is 31.9 Å². The van der Waals surface area contributed by atoms with Gasteiger partial charge in [0.15, 0.2) is 0 Å². The number of anilines is 3. The summed E-state index contributed by atoms with van der Waals surface area (Å²) in [5.41, 5.74) is 1.61. The first-order valence-corrected chi connectivity index (χ1v) is 9.35. The molecule has 2 amide bonds. The van der Waals surface area contributed by atoms with E-state index in [9.17, 15) is 9.59 Å². The van der Waals surface area contributed by atoms with Gasteiger partial charge < -0.3 is 20.7 Å². The molecule has 6 nitrogen and oxygen atoms in total. The summed E-state index contributed by atoms with van der Waals surface area (Å²) in [6.45, 7) is 6.90. The van der Waals surface area contributed by atoms with Gasteiger partial charge in [-0.05, 0) is 58.0 Å². The third kappa shape index (κ3) is 6.94. The molecule has 0 radical (unpaired) electrons. The van der Waals surface area contributed by atoms with Gasteiger partial charge in [-0.2, -0.15) is 0 Å². The van der Waals surface area contributed by atoms with E-state index in [0.29, 0.717) is 5.69 Å². The van der Waals surface area contributed by atoms with Gasteiger partial charge in [0.1, 0.15) is 11.6 Å². The molecule has 2 aromatic carbocycles. The van der Waals surface area contributed by atoms with Crippen molar-refractivity contribution in [2.24, 2.45) is 0 Å². The molecule has 2 aromatic rings. The Morgan fingerprint density at radius 1 is 1.04 bits per heavy atom. The number of carbonyl (C=O) groups is 2. The van der Waals surface area contributed by atoms with Gasteiger partial charge in [-0.25, -0.2) is 4.79 Å². The van der Waals surface area contributed by atoms with Crippen LogP contribution in [0.4, 0.5) is 21.9 Å². The number of hydrogen-bond acceptors (Lipinski definition) is 4. The van der Waals surface area contributed by atoms with Crippen LogP contribution < -0.4 is 16.0 Å². The molecule has 0 spiro atoms. The summed E-state index contributed by atoms with van der Waals surface area (Å²) in [6.07, 6.45) is -0.634. The zero-order chi connectivity index (χ0) is 20.0. The Morgan fingerprint density at radius 3 is 2.33 bits per heavy atom. The summed E-state index contributed by atoms with van der Waals surface area (Å²) in [6, 6.07) is 14.3. The first-order valence-electron chi connectivity index (χ1n) is 8.56. The van der Waals surface area contributed by atoms with Crippen molar-refractivity contribution in [2.45, 2.75) is 39.3 Å². The first-order chi connectivity index (χ1) is 12.6. The number of ether oxygens (including phenoxy) is 1. The van der Waals surface area contributed by atoms with Crippen LogP contribution in [0.3, 0.4) is 0 Å². The SMILES string of the molecule is C[C@H](NC(=O)OC(C)(C)C)C(=O)Nc1ccccc1Nc1cccc(Br)c1. The Bertz CT molecular complexity index is 818. The highest BCUT2D eigenvalue weighted by Gasteiger charge is 2.21. The highest BCUT2D eigenvalue weighted by atomic mass is 79.9. The van der Waals surface area contributed by atoms with Crippen molar-refractivity contribution in [3.8, 4) is 0 Å². The summed E-state index contributed by atoms with van der Waals surface area (Å²) in [4.78, 5) is 24.3. The van der Waals surface area contributed by atoms with E-state index in [1.165, 1.54) is 0 Å². The molecule has 0 fully saturated rings. The molecule has 144 valence electrons. The fraction of sp³-hybridized carbons (Fsp3) is 0.300. The predicted molar refractivity (Wildman–Crippen MR) is 111 cm³/mol. The van der Waals surface area contributed by atoms with E-state index in [1.54, 1.807) is 33.8 Å². The number of halogens is 1. The van der Waals surface area contributed by atoms with Crippen LogP contribution in [-0.4, -0.2) is 23.6 Å². The zero-order valence-electron chi connectivity index (χ0n) is 15.8. The van der Waals surface area contributed by atoms with Crippen molar-refractivity contribution in [1.29, 1.82) is 0 Å². The van der Waals surface area contributed by atoms with Gasteiger partial charge in [0.05, 0.1) is 11.4 Å². The fourth-order valence-corrected chi connectivity index (χ4v) is 2.61. The number of amides is 2. The predicted octanol–water partition coefficient (Wildman–Crippen LogP) is 5.04. The molecular weight excluding hydrogens is 410 g/mol. The quantitative estimate of drug-likeness (QED) is 0.616. The average molecular weight is 434 g/mol. The Hall–Kier alpha value is -2.54. The van der Waals surface area contributed by atoms with Crippen LogP contribution in [-0.2, 0) is 9.53 Å². The standard InChI is InChI=1S/C20H24BrN3O3/c1-13(22-19(26)27-20(2,3)4)18(25)24-17-11-6-5-10-16(17)23-15-9-7-8-14(21)12-15/h5-13,23H,1-4H3,(H,22,26)(H,24,25)/t13-/m0/s1. The Labute approximate surface area is 167 Å². The number of rotatable bonds is 5. The highest BCUT2D eigenvalue weighted by Crippen LogP contribution is 2.26. The molecule has 0 saturated carbocycles. The molecule has 0 aromatic heterocycles. The summed E-state index contributed by atoms with van der Waals surface area (Å²) < 4.78 is 6.12. The van der Waals surface area contributed by atoms with Crippen molar-refractivity contribution in [3.05, 3.63) is 53.0 Å². The number of hydrogen-bond donors (Lipinski definition) is 3. The van der Waals surface area contributed by atoms with Crippen LogP contribution in [0.1, 0.15) is 27.7 Å². The number of nitrogens with one attached hydrogen (secondary N) is 3. The van der Waals surface area contributed by atoms with Crippen molar-refractivity contribution >= 4 is 45.0 Å². The van der Waals surface area contributed by atoms with Gasteiger partial charge in [0.25, 0.3) is 0 Å².